The number of anilines is 1. The topological polar surface area (TPSA) is 75.6 Å². The zero-order valence-electron chi connectivity index (χ0n) is 10.8. The molecule has 0 fully saturated rings. The Bertz CT molecular complexity index is 759. The van der Waals surface area contributed by atoms with E-state index in [2.05, 4.69) is 36.6 Å². The van der Waals surface area contributed by atoms with Crippen LogP contribution in [0, 0.1) is 0 Å². The van der Waals surface area contributed by atoms with E-state index in [-0.39, 0.29) is 11.5 Å². The normalized spacial score (nSPS) is 11.4. The summed E-state index contributed by atoms with van der Waals surface area (Å²) in [6.07, 6.45) is 0. The Balaban J connectivity index is 2.37. The highest BCUT2D eigenvalue weighted by Crippen LogP contribution is 2.33. The minimum absolute atomic E-state index is 0.0930. The van der Waals surface area contributed by atoms with Crippen LogP contribution in [-0.2, 0) is 16.6 Å². The quantitative estimate of drug-likeness (QED) is 0.720. The van der Waals surface area contributed by atoms with Crippen LogP contribution in [0.2, 0.25) is 0 Å². The van der Waals surface area contributed by atoms with Gasteiger partial charge in [0.05, 0.1) is 23.2 Å². The van der Waals surface area contributed by atoms with Crippen LogP contribution >= 0.6 is 43.2 Å². The maximum absolute atomic E-state index is 12.4. The van der Waals surface area contributed by atoms with Gasteiger partial charge in [-0.05, 0) is 34.1 Å². The number of sulfonamides is 1. The minimum atomic E-state index is -3.75. The molecule has 114 valence electrons. The molecule has 0 unspecified atom stereocenters. The fourth-order valence-corrected chi connectivity index (χ4v) is 5.66. The minimum Gasteiger partial charge on any atom is -0.497 e. The molecule has 0 bridgehead atoms. The number of hydrogen-bond donors (Lipinski definition) is 2. The molecule has 0 radical (unpaired) electrons. The van der Waals surface area contributed by atoms with E-state index in [0.717, 1.165) is 0 Å². The second kappa shape index (κ2) is 6.66. The summed E-state index contributed by atoms with van der Waals surface area (Å²) in [4.78, 5) is 0.657. The molecule has 1 heterocycles. The monoisotopic (exact) mass is 455 g/mol. The van der Waals surface area contributed by atoms with Gasteiger partial charge < -0.3 is 9.84 Å². The van der Waals surface area contributed by atoms with E-state index in [4.69, 9.17) is 9.84 Å². The zero-order valence-corrected chi connectivity index (χ0v) is 15.6. The molecule has 5 nitrogen and oxygen atoms in total. The van der Waals surface area contributed by atoms with Gasteiger partial charge in [0.25, 0.3) is 10.0 Å². The number of halogens is 2. The Morgan fingerprint density at radius 3 is 2.57 bits per heavy atom. The van der Waals surface area contributed by atoms with Crippen molar-refractivity contribution in [2.24, 2.45) is 0 Å². The average Bonchev–Trinajstić information content (AvgIpc) is 2.79. The number of nitrogens with one attached hydrogen (secondary N) is 1. The molecule has 2 aromatic rings. The number of methoxy groups -OCH3 is 1. The van der Waals surface area contributed by atoms with Crippen LogP contribution in [0.3, 0.4) is 0 Å². The Labute approximate surface area is 143 Å². The average molecular weight is 457 g/mol. The molecule has 0 aliphatic heterocycles. The van der Waals surface area contributed by atoms with Gasteiger partial charge in [-0.1, -0.05) is 15.9 Å². The van der Waals surface area contributed by atoms with Crippen molar-refractivity contribution in [1.82, 2.24) is 0 Å². The summed E-state index contributed by atoms with van der Waals surface area (Å²) in [5, 5.41) is 9.09. The van der Waals surface area contributed by atoms with Crippen LogP contribution in [-0.4, -0.2) is 20.6 Å². The van der Waals surface area contributed by atoms with Crippen LogP contribution in [0.5, 0.6) is 5.75 Å². The molecule has 1 aromatic carbocycles. The third-order valence-electron chi connectivity index (χ3n) is 2.51. The van der Waals surface area contributed by atoms with Crippen LogP contribution in [0.4, 0.5) is 5.69 Å². The SMILES string of the molecule is COc1cc(Br)cc(NS(=O)(=O)c2cc(CO)sc2Br)c1. The van der Waals surface area contributed by atoms with Crippen molar-refractivity contribution in [3.05, 3.63) is 37.4 Å². The highest BCUT2D eigenvalue weighted by molar-refractivity contribution is 9.11. The summed E-state index contributed by atoms with van der Waals surface area (Å²) >= 11 is 7.67. The lowest BCUT2D eigenvalue weighted by Gasteiger charge is -2.09. The number of aliphatic hydroxyl groups excluding tert-OH is 1. The Kier molecular flexibility index (Phi) is 5.31. The smallest absolute Gasteiger partial charge is 0.263 e. The molecule has 2 rings (SSSR count). The molecule has 0 aliphatic carbocycles. The maximum atomic E-state index is 12.4. The summed E-state index contributed by atoms with van der Waals surface area (Å²) in [7, 11) is -2.25. The molecular formula is C12H11Br2NO4S2. The number of benzene rings is 1. The molecule has 21 heavy (non-hydrogen) atoms. The number of thiophene rings is 1. The highest BCUT2D eigenvalue weighted by atomic mass is 79.9. The van der Waals surface area contributed by atoms with Crippen molar-refractivity contribution in [2.45, 2.75) is 11.5 Å². The van der Waals surface area contributed by atoms with Gasteiger partial charge in [0.1, 0.15) is 10.6 Å². The molecular weight excluding hydrogens is 446 g/mol. The summed E-state index contributed by atoms with van der Waals surface area (Å²) in [6, 6.07) is 6.37. The lowest BCUT2D eigenvalue weighted by atomic mass is 10.3. The van der Waals surface area contributed by atoms with Crippen LogP contribution in [0.1, 0.15) is 4.88 Å². The predicted octanol–water partition coefficient (Wildman–Crippen LogP) is 3.57. The fourth-order valence-electron chi connectivity index (χ4n) is 1.61. The first-order chi connectivity index (χ1) is 9.85. The van der Waals surface area contributed by atoms with Gasteiger partial charge in [-0.25, -0.2) is 8.42 Å². The molecule has 9 heteroatoms. The summed E-state index contributed by atoms with van der Waals surface area (Å²) in [6.45, 7) is -0.205. The molecule has 2 N–H and O–H groups in total. The first-order valence-electron chi connectivity index (χ1n) is 5.62. The first-order valence-corrected chi connectivity index (χ1v) is 9.51. The van der Waals surface area contributed by atoms with E-state index in [1.165, 1.54) is 24.5 Å². The lowest BCUT2D eigenvalue weighted by molar-refractivity contribution is 0.285. The van der Waals surface area contributed by atoms with Gasteiger partial charge >= 0.3 is 0 Å². The van der Waals surface area contributed by atoms with Crippen molar-refractivity contribution in [1.29, 1.82) is 0 Å². The molecule has 0 aliphatic rings. The molecule has 0 spiro atoms. The van der Waals surface area contributed by atoms with E-state index < -0.39 is 10.0 Å². The highest BCUT2D eigenvalue weighted by Gasteiger charge is 2.21. The summed E-state index contributed by atoms with van der Waals surface area (Å²) in [5.41, 5.74) is 0.380. The second-order valence-corrected chi connectivity index (χ2v) is 9.02. The third kappa shape index (κ3) is 3.98. The van der Waals surface area contributed by atoms with Crippen LogP contribution < -0.4 is 9.46 Å². The standard InChI is InChI=1S/C12H11Br2NO4S2/c1-19-9-3-7(13)2-8(4-9)15-21(17,18)11-5-10(6-16)20-12(11)14/h2-5,15-16H,6H2,1H3. The maximum Gasteiger partial charge on any atom is 0.263 e. The fraction of sp³-hybridized carbons (Fsp3) is 0.167. The van der Waals surface area contributed by atoms with Gasteiger partial charge in [0.2, 0.25) is 0 Å². The van der Waals surface area contributed by atoms with Crippen molar-refractivity contribution < 1.29 is 18.3 Å². The van der Waals surface area contributed by atoms with Gasteiger partial charge in [0.15, 0.2) is 0 Å². The van der Waals surface area contributed by atoms with Gasteiger partial charge in [-0.15, -0.1) is 11.3 Å². The summed E-state index contributed by atoms with van der Waals surface area (Å²) in [5.74, 6) is 0.530. The second-order valence-electron chi connectivity index (χ2n) is 3.99. The van der Waals surface area contributed by atoms with Gasteiger partial charge in [-0.2, -0.15) is 0 Å². The molecule has 0 atom stereocenters. The Hall–Kier alpha value is -0.610. The largest absolute Gasteiger partial charge is 0.497 e. The molecule has 0 amide bonds. The van der Waals surface area contributed by atoms with Crippen molar-refractivity contribution >= 4 is 58.9 Å². The number of hydrogen-bond acceptors (Lipinski definition) is 5. The number of rotatable bonds is 5. The Morgan fingerprint density at radius 1 is 1.29 bits per heavy atom. The van der Waals surface area contributed by atoms with Crippen molar-refractivity contribution in [3.63, 3.8) is 0 Å². The number of ether oxygens (including phenoxy) is 1. The van der Waals surface area contributed by atoms with Gasteiger partial charge in [-0.3, -0.25) is 4.72 Å². The number of aliphatic hydroxyl groups is 1. The van der Waals surface area contributed by atoms with E-state index in [1.54, 1.807) is 18.2 Å². The Morgan fingerprint density at radius 2 is 2.00 bits per heavy atom. The summed E-state index contributed by atoms with van der Waals surface area (Å²) < 4.78 is 33.5. The predicted molar refractivity (Wildman–Crippen MR) is 89.4 cm³/mol. The van der Waals surface area contributed by atoms with Crippen molar-refractivity contribution in [2.75, 3.05) is 11.8 Å². The van der Waals surface area contributed by atoms with E-state index in [1.807, 2.05) is 0 Å². The molecule has 0 saturated heterocycles. The zero-order chi connectivity index (χ0) is 15.6. The molecule has 0 saturated carbocycles. The van der Waals surface area contributed by atoms with E-state index >= 15 is 0 Å². The molecule has 1 aromatic heterocycles. The van der Waals surface area contributed by atoms with Crippen LogP contribution in [0.25, 0.3) is 0 Å². The van der Waals surface area contributed by atoms with E-state index in [0.29, 0.717) is 24.6 Å². The lowest BCUT2D eigenvalue weighted by Crippen LogP contribution is -2.12. The van der Waals surface area contributed by atoms with Gasteiger partial charge in [0, 0.05) is 15.4 Å². The third-order valence-corrected chi connectivity index (χ3v) is 6.59. The first kappa shape index (κ1) is 16.8. The van der Waals surface area contributed by atoms with Crippen LogP contribution in [0.15, 0.2) is 37.4 Å². The van der Waals surface area contributed by atoms with Crippen molar-refractivity contribution in [3.8, 4) is 5.75 Å². The van der Waals surface area contributed by atoms with E-state index in [9.17, 15) is 8.42 Å².